The molecule has 2 amide bonds. The molecule has 262 valence electrons. The summed E-state index contributed by atoms with van der Waals surface area (Å²) in [6.07, 6.45) is 14.6. The van der Waals surface area contributed by atoms with Crippen molar-refractivity contribution in [2.45, 2.75) is 71.4 Å². The summed E-state index contributed by atoms with van der Waals surface area (Å²) in [7, 11) is 0. The van der Waals surface area contributed by atoms with Gasteiger partial charge in [-0.1, -0.05) is 44.2 Å². The Morgan fingerprint density at radius 2 is 1.92 bits per heavy atom. The third kappa shape index (κ3) is 9.39. The topological polar surface area (TPSA) is 129 Å². The smallest absolute Gasteiger partial charge is 0.247 e. The van der Waals surface area contributed by atoms with Crippen LogP contribution in [-0.4, -0.2) is 62.6 Å². The van der Waals surface area contributed by atoms with E-state index in [-0.39, 0.29) is 11.8 Å². The fraction of sp³-hybridized carbons (Fsp3) is 0.541. The molecule has 0 spiro atoms. The first-order valence-electron chi connectivity index (χ1n) is 17.8. The highest BCUT2D eigenvalue weighted by atomic mass is 35.5. The van der Waals surface area contributed by atoms with E-state index < -0.39 is 0 Å². The summed E-state index contributed by atoms with van der Waals surface area (Å²) >= 11 is 6.39. The average molecular weight is 688 g/mol. The Hall–Kier alpha value is -3.96. The number of hydrogen-bond acceptors (Lipinski definition) is 8. The Bertz CT molecular complexity index is 1600. The molecule has 5 atom stereocenters. The highest BCUT2D eigenvalue weighted by Gasteiger charge is 2.40. The van der Waals surface area contributed by atoms with E-state index in [0.717, 1.165) is 61.5 Å². The minimum absolute atomic E-state index is 0.230. The van der Waals surface area contributed by atoms with Crippen LogP contribution < -0.4 is 21.3 Å². The molecule has 2 aromatic heterocycles. The van der Waals surface area contributed by atoms with Crippen molar-refractivity contribution in [2.75, 3.05) is 42.1 Å². The van der Waals surface area contributed by atoms with Gasteiger partial charge in [0, 0.05) is 51.0 Å². The predicted molar refractivity (Wildman–Crippen MR) is 195 cm³/mol. The van der Waals surface area contributed by atoms with Crippen LogP contribution in [0.1, 0.15) is 70.4 Å². The van der Waals surface area contributed by atoms with E-state index >= 15 is 0 Å². The maximum atomic E-state index is 12.9. The molecule has 2 bridgehead atoms. The summed E-state index contributed by atoms with van der Waals surface area (Å²) in [5.74, 6) is 4.50. The SMILES string of the molecule is C=CC(=O)Nc1cccc(CNc2nc(Nc3cnn(C4CCN(CCNC(=O)CC5[C@@H]6C[C@H](C)C[C@@H](C6)C[C@@H]5C)CC4)c3)ncc2Cl)c1. The molecule has 3 aromatic rings. The number of carbonyl (C=O) groups is 2. The Labute approximate surface area is 294 Å². The fourth-order valence-corrected chi connectivity index (χ4v) is 8.50. The van der Waals surface area contributed by atoms with Gasteiger partial charge in [0.1, 0.15) is 5.02 Å². The monoisotopic (exact) mass is 687 g/mol. The fourth-order valence-electron chi connectivity index (χ4n) is 8.35. The van der Waals surface area contributed by atoms with E-state index in [0.29, 0.717) is 59.9 Å². The lowest BCUT2D eigenvalue weighted by Gasteiger charge is -2.46. The molecule has 1 saturated heterocycles. The summed E-state index contributed by atoms with van der Waals surface area (Å²) in [6.45, 7) is 12.3. The molecule has 3 aliphatic rings. The number of hydrogen-bond donors (Lipinski definition) is 4. The molecule has 12 heteroatoms. The maximum Gasteiger partial charge on any atom is 0.247 e. The van der Waals surface area contributed by atoms with Gasteiger partial charge in [-0.3, -0.25) is 14.3 Å². The quantitative estimate of drug-likeness (QED) is 0.147. The van der Waals surface area contributed by atoms with Gasteiger partial charge in [0.25, 0.3) is 0 Å². The van der Waals surface area contributed by atoms with Gasteiger partial charge >= 0.3 is 0 Å². The number of nitrogens with one attached hydrogen (secondary N) is 4. The normalized spacial score (nSPS) is 24.2. The van der Waals surface area contributed by atoms with Gasteiger partial charge in [0.2, 0.25) is 17.8 Å². The van der Waals surface area contributed by atoms with Gasteiger partial charge in [0.15, 0.2) is 5.82 Å². The van der Waals surface area contributed by atoms with Crippen LogP contribution in [0.3, 0.4) is 0 Å². The van der Waals surface area contributed by atoms with Gasteiger partial charge in [-0.25, -0.2) is 4.98 Å². The van der Waals surface area contributed by atoms with Crippen molar-refractivity contribution in [3.8, 4) is 0 Å². The molecule has 2 aliphatic carbocycles. The lowest BCUT2D eigenvalue weighted by Crippen LogP contribution is -2.42. The van der Waals surface area contributed by atoms with E-state index in [1.54, 1.807) is 12.4 Å². The molecule has 3 fully saturated rings. The van der Waals surface area contributed by atoms with Gasteiger partial charge < -0.3 is 26.2 Å². The summed E-state index contributed by atoms with van der Waals surface area (Å²) in [4.78, 5) is 35.9. The largest absolute Gasteiger partial charge is 0.365 e. The zero-order chi connectivity index (χ0) is 34.3. The minimum atomic E-state index is -0.263. The van der Waals surface area contributed by atoms with Crippen LogP contribution >= 0.6 is 11.6 Å². The van der Waals surface area contributed by atoms with Crippen LogP contribution in [-0.2, 0) is 16.1 Å². The van der Waals surface area contributed by atoms with Crippen LogP contribution in [0.4, 0.5) is 23.1 Å². The number of rotatable bonds is 13. The summed E-state index contributed by atoms with van der Waals surface area (Å²) in [5, 5.41) is 17.5. The second-order valence-electron chi connectivity index (χ2n) is 14.4. The van der Waals surface area contributed by atoms with Gasteiger partial charge in [-0.15, -0.1) is 0 Å². The number of halogens is 1. The van der Waals surface area contributed by atoms with Gasteiger partial charge in [-0.05, 0) is 91.9 Å². The average Bonchev–Trinajstić information content (AvgIpc) is 3.55. The molecule has 1 aromatic carbocycles. The van der Waals surface area contributed by atoms with Crippen molar-refractivity contribution in [1.82, 2.24) is 30.0 Å². The maximum absolute atomic E-state index is 12.9. The number of carbonyl (C=O) groups excluding carboxylic acids is 2. The lowest BCUT2D eigenvalue weighted by atomic mass is 9.59. The molecule has 6 rings (SSSR count). The number of piperidine rings is 1. The highest BCUT2D eigenvalue weighted by molar-refractivity contribution is 6.32. The molecule has 0 radical (unpaired) electrons. The second kappa shape index (κ2) is 16.2. The standard InChI is InChI=1S/C37H50ClN9O2/c1-4-34(48)43-29-7-5-6-26(18-29)20-40-36-33(38)22-41-37(45-36)44-30-21-42-47(23-30)31-8-11-46(12-9-31)13-10-39-35(49)19-32-25(3)16-27-14-24(2)15-28(32)17-27/h4-7,18,21-25,27-28,31-32H,1,8-17,19-20H2,2-3H3,(H,39,49)(H,43,48)(H2,40,41,44,45)/t24-,25+,27-,28-,32?/m1/s1. The number of anilines is 4. The lowest BCUT2D eigenvalue weighted by molar-refractivity contribution is -0.124. The van der Waals surface area contributed by atoms with Crippen LogP contribution in [0.15, 0.2) is 55.5 Å². The number of benzene rings is 1. The Morgan fingerprint density at radius 3 is 2.73 bits per heavy atom. The van der Waals surface area contributed by atoms with Crippen LogP contribution in [0.5, 0.6) is 0 Å². The molecule has 2 saturated carbocycles. The van der Waals surface area contributed by atoms with E-state index in [4.69, 9.17) is 11.6 Å². The molecule has 4 N–H and O–H groups in total. The van der Waals surface area contributed by atoms with Crippen molar-refractivity contribution in [3.05, 3.63) is 66.1 Å². The minimum Gasteiger partial charge on any atom is -0.365 e. The Kier molecular flexibility index (Phi) is 11.5. The van der Waals surface area contributed by atoms with Crippen LogP contribution in [0.25, 0.3) is 0 Å². The molecular formula is C37H50ClN9O2. The molecule has 11 nitrogen and oxygen atoms in total. The first-order valence-corrected chi connectivity index (χ1v) is 18.2. The second-order valence-corrected chi connectivity index (χ2v) is 14.8. The number of aromatic nitrogens is 4. The summed E-state index contributed by atoms with van der Waals surface area (Å²) in [6, 6.07) is 7.82. The van der Waals surface area contributed by atoms with Crippen molar-refractivity contribution >= 4 is 46.6 Å². The van der Waals surface area contributed by atoms with E-state index in [1.807, 2.05) is 35.1 Å². The molecule has 3 heterocycles. The van der Waals surface area contributed by atoms with E-state index in [9.17, 15) is 9.59 Å². The zero-order valence-corrected chi connectivity index (χ0v) is 29.5. The molecule has 1 aliphatic heterocycles. The number of fused-ring (bicyclic) bond motifs is 2. The number of likely N-dealkylation sites (tertiary alicyclic amines) is 1. The Balaban J connectivity index is 0.926. The van der Waals surface area contributed by atoms with Crippen molar-refractivity contribution in [1.29, 1.82) is 0 Å². The van der Waals surface area contributed by atoms with Crippen LogP contribution in [0, 0.1) is 29.6 Å². The molecule has 49 heavy (non-hydrogen) atoms. The Morgan fingerprint density at radius 1 is 1.08 bits per heavy atom. The first kappa shape index (κ1) is 34.9. The number of nitrogens with zero attached hydrogens (tertiary/aromatic N) is 5. The summed E-state index contributed by atoms with van der Waals surface area (Å²) in [5.41, 5.74) is 2.43. The molecular weight excluding hydrogens is 638 g/mol. The van der Waals surface area contributed by atoms with Gasteiger partial charge in [-0.2, -0.15) is 10.1 Å². The highest BCUT2D eigenvalue weighted by Crippen LogP contribution is 2.49. The van der Waals surface area contributed by atoms with E-state index in [2.05, 4.69) is 61.7 Å². The third-order valence-electron chi connectivity index (χ3n) is 10.7. The first-order chi connectivity index (χ1) is 23.7. The zero-order valence-electron chi connectivity index (χ0n) is 28.7. The predicted octanol–water partition coefficient (Wildman–Crippen LogP) is 6.66. The van der Waals surface area contributed by atoms with Gasteiger partial charge in [0.05, 0.1) is 24.1 Å². The molecule has 1 unspecified atom stereocenters. The van der Waals surface area contributed by atoms with E-state index in [1.165, 1.54) is 31.8 Å². The third-order valence-corrected chi connectivity index (χ3v) is 10.9. The van der Waals surface area contributed by atoms with Crippen molar-refractivity contribution < 1.29 is 9.59 Å². The number of amides is 2. The van der Waals surface area contributed by atoms with Crippen LogP contribution in [0.2, 0.25) is 5.02 Å². The summed E-state index contributed by atoms with van der Waals surface area (Å²) < 4.78 is 2.02. The van der Waals surface area contributed by atoms with Crippen molar-refractivity contribution in [2.24, 2.45) is 29.6 Å². The van der Waals surface area contributed by atoms with Crippen molar-refractivity contribution in [3.63, 3.8) is 0 Å².